The minimum atomic E-state index is -0.286. The van der Waals surface area contributed by atoms with E-state index >= 15 is 0 Å². The molecule has 0 radical (unpaired) electrons. The van der Waals surface area contributed by atoms with Gasteiger partial charge in [-0.2, -0.15) is 5.10 Å². The number of halogens is 1. The summed E-state index contributed by atoms with van der Waals surface area (Å²) < 4.78 is 11.1. The topological polar surface area (TPSA) is 59.9 Å². The molecule has 0 aliphatic heterocycles. The Labute approximate surface area is 174 Å². The van der Waals surface area contributed by atoms with E-state index in [1.165, 1.54) is 0 Å². The number of amides is 1. The number of ether oxygens (including phenoxy) is 2. The summed E-state index contributed by atoms with van der Waals surface area (Å²) >= 11 is 5.97. The lowest BCUT2D eigenvalue weighted by Crippen LogP contribution is -2.17. The van der Waals surface area contributed by atoms with Gasteiger partial charge in [0, 0.05) is 10.6 Å². The van der Waals surface area contributed by atoms with Crippen LogP contribution in [0, 0.1) is 0 Å². The smallest absolute Gasteiger partial charge is 0.271 e. The zero-order valence-electron chi connectivity index (χ0n) is 16.0. The number of rotatable bonds is 8. The first-order chi connectivity index (χ1) is 14.1. The summed E-state index contributed by atoms with van der Waals surface area (Å²) in [4.78, 5) is 12.1. The van der Waals surface area contributed by atoms with E-state index in [2.05, 4.69) is 10.5 Å². The number of hydrogen-bond acceptors (Lipinski definition) is 4. The van der Waals surface area contributed by atoms with Gasteiger partial charge in [-0.1, -0.05) is 23.7 Å². The lowest BCUT2D eigenvalue weighted by molar-refractivity contribution is 0.0955. The zero-order chi connectivity index (χ0) is 20.5. The van der Waals surface area contributed by atoms with Crippen molar-refractivity contribution in [1.29, 1.82) is 0 Å². The lowest BCUT2D eigenvalue weighted by Gasteiger charge is -2.07. The Morgan fingerprint density at radius 2 is 1.69 bits per heavy atom. The predicted octanol–water partition coefficient (Wildman–Crippen LogP) is 5.08. The van der Waals surface area contributed by atoms with Crippen molar-refractivity contribution in [3.8, 4) is 11.5 Å². The summed E-state index contributed by atoms with van der Waals surface area (Å²) in [5.74, 6) is 1.18. The molecular weight excluding hydrogens is 388 g/mol. The monoisotopic (exact) mass is 408 g/mol. The molecule has 1 N–H and O–H groups in total. The van der Waals surface area contributed by atoms with Crippen LogP contribution >= 0.6 is 11.6 Å². The first-order valence-corrected chi connectivity index (χ1v) is 9.55. The van der Waals surface area contributed by atoms with Crippen LogP contribution in [0.4, 0.5) is 0 Å². The molecule has 0 aromatic heterocycles. The molecule has 0 saturated heterocycles. The average molecular weight is 409 g/mol. The van der Waals surface area contributed by atoms with Crippen LogP contribution in [0.1, 0.15) is 28.4 Å². The van der Waals surface area contributed by atoms with Crippen molar-refractivity contribution in [2.75, 3.05) is 6.61 Å². The summed E-state index contributed by atoms with van der Waals surface area (Å²) in [6.07, 6.45) is 1.58. The number of carbonyl (C=O) groups is 1. The molecule has 0 spiro atoms. The molecule has 0 saturated carbocycles. The summed E-state index contributed by atoms with van der Waals surface area (Å²) in [5.41, 5.74) is 4.86. The van der Waals surface area contributed by atoms with Crippen LogP contribution in [-0.4, -0.2) is 18.7 Å². The minimum absolute atomic E-state index is 0.286. The van der Waals surface area contributed by atoms with Crippen molar-refractivity contribution < 1.29 is 14.3 Å². The fraction of sp³-hybridized carbons (Fsp3) is 0.130. The van der Waals surface area contributed by atoms with Crippen molar-refractivity contribution in [2.45, 2.75) is 13.5 Å². The molecule has 1 amide bonds. The van der Waals surface area contributed by atoms with Gasteiger partial charge in [-0.05, 0) is 78.7 Å². The number of nitrogens with one attached hydrogen (secondary N) is 1. The van der Waals surface area contributed by atoms with Crippen LogP contribution in [0.3, 0.4) is 0 Å². The Hall–Kier alpha value is -3.31. The third-order valence-electron chi connectivity index (χ3n) is 3.98. The van der Waals surface area contributed by atoms with E-state index < -0.39 is 0 Å². The first kappa shape index (κ1) is 20.4. The number of nitrogens with zero attached hydrogens (tertiary/aromatic N) is 1. The summed E-state index contributed by atoms with van der Waals surface area (Å²) in [5, 5.41) is 4.68. The third kappa shape index (κ3) is 6.36. The van der Waals surface area contributed by atoms with Crippen LogP contribution in [0.2, 0.25) is 5.02 Å². The molecular formula is C23H21ClN2O3. The summed E-state index contributed by atoms with van der Waals surface area (Å²) in [6, 6.07) is 21.9. The molecule has 0 aliphatic rings. The number of hydrogen-bond donors (Lipinski definition) is 1. The van der Waals surface area contributed by atoms with Gasteiger partial charge in [-0.3, -0.25) is 4.79 Å². The molecule has 0 aliphatic carbocycles. The molecule has 0 heterocycles. The zero-order valence-corrected chi connectivity index (χ0v) is 16.7. The highest BCUT2D eigenvalue weighted by molar-refractivity contribution is 6.30. The molecule has 3 aromatic carbocycles. The fourth-order valence-electron chi connectivity index (χ4n) is 2.54. The number of carbonyl (C=O) groups excluding carboxylic acids is 1. The Kier molecular flexibility index (Phi) is 7.25. The van der Waals surface area contributed by atoms with Gasteiger partial charge < -0.3 is 9.47 Å². The second-order valence-corrected chi connectivity index (χ2v) is 6.58. The minimum Gasteiger partial charge on any atom is -0.494 e. The largest absolute Gasteiger partial charge is 0.494 e. The second-order valence-electron chi connectivity index (χ2n) is 6.14. The van der Waals surface area contributed by atoms with E-state index in [0.29, 0.717) is 23.8 Å². The highest BCUT2D eigenvalue weighted by Crippen LogP contribution is 2.16. The Morgan fingerprint density at radius 1 is 1.00 bits per heavy atom. The highest BCUT2D eigenvalue weighted by atomic mass is 35.5. The Morgan fingerprint density at radius 3 is 2.38 bits per heavy atom. The van der Waals surface area contributed by atoms with Crippen molar-refractivity contribution in [3.63, 3.8) is 0 Å². The van der Waals surface area contributed by atoms with Gasteiger partial charge in [0.2, 0.25) is 0 Å². The van der Waals surface area contributed by atoms with Gasteiger partial charge in [0.25, 0.3) is 5.91 Å². The highest BCUT2D eigenvalue weighted by Gasteiger charge is 2.04. The molecule has 148 valence electrons. The van der Waals surface area contributed by atoms with Crippen LogP contribution in [0.5, 0.6) is 11.5 Å². The second kappa shape index (κ2) is 10.3. The van der Waals surface area contributed by atoms with Gasteiger partial charge in [-0.15, -0.1) is 0 Å². The molecule has 0 fully saturated rings. The molecule has 0 bridgehead atoms. The Bertz CT molecular complexity index is 970. The van der Waals surface area contributed by atoms with Crippen LogP contribution in [-0.2, 0) is 6.61 Å². The van der Waals surface area contributed by atoms with Crippen molar-refractivity contribution >= 4 is 23.7 Å². The predicted molar refractivity (Wildman–Crippen MR) is 115 cm³/mol. The first-order valence-electron chi connectivity index (χ1n) is 9.17. The average Bonchev–Trinajstić information content (AvgIpc) is 2.74. The molecule has 0 atom stereocenters. The third-order valence-corrected chi connectivity index (χ3v) is 4.22. The molecule has 5 nitrogen and oxygen atoms in total. The van der Waals surface area contributed by atoms with Crippen LogP contribution in [0.15, 0.2) is 77.9 Å². The van der Waals surface area contributed by atoms with Gasteiger partial charge in [0.05, 0.1) is 12.8 Å². The van der Waals surface area contributed by atoms with Gasteiger partial charge in [0.15, 0.2) is 0 Å². The maximum atomic E-state index is 12.1. The molecule has 0 unspecified atom stereocenters. The van der Waals surface area contributed by atoms with E-state index in [9.17, 15) is 4.79 Å². The summed E-state index contributed by atoms with van der Waals surface area (Å²) in [7, 11) is 0. The number of hydrazone groups is 1. The van der Waals surface area contributed by atoms with Crippen molar-refractivity contribution in [1.82, 2.24) is 5.43 Å². The fourth-order valence-corrected chi connectivity index (χ4v) is 2.76. The Balaban J connectivity index is 1.49. The van der Waals surface area contributed by atoms with Crippen molar-refractivity contribution in [3.05, 3.63) is 94.5 Å². The molecule has 3 aromatic rings. The van der Waals surface area contributed by atoms with E-state index in [0.717, 1.165) is 22.6 Å². The lowest BCUT2D eigenvalue weighted by atomic mass is 10.2. The van der Waals surface area contributed by atoms with E-state index in [-0.39, 0.29) is 5.91 Å². The van der Waals surface area contributed by atoms with Gasteiger partial charge in [-0.25, -0.2) is 5.43 Å². The quantitative estimate of drug-likeness (QED) is 0.417. The maximum absolute atomic E-state index is 12.1. The normalized spacial score (nSPS) is 10.7. The van der Waals surface area contributed by atoms with E-state index in [1.807, 2.05) is 55.5 Å². The van der Waals surface area contributed by atoms with E-state index in [4.69, 9.17) is 21.1 Å². The maximum Gasteiger partial charge on any atom is 0.271 e. The molecule has 29 heavy (non-hydrogen) atoms. The summed E-state index contributed by atoms with van der Waals surface area (Å²) in [6.45, 7) is 2.93. The molecule has 3 rings (SSSR count). The van der Waals surface area contributed by atoms with Gasteiger partial charge in [0.1, 0.15) is 18.1 Å². The van der Waals surface area contributed by atoms with Crippen molar-refractivity contribution in [2.24, 2.45) is 5.10 Å². The van der Waals surface area contributed by atoms with Crippen LogP contribution in [0.25, 0.3) is 0 Å². The van der Waals surface area contributed by atoms with Gasteiger partial charge >= 0.3 is 0 Å². The number of benzene rings is 3. The van der Waals surface area contributed by atoms with E-state index in [1.54, 1.807) is 30.5 Å². The SMILES string of the molecule is CCOc1ccc(C(=O)N/N=C/c2ccc(OCc3cccc(Cl)c3)cc2)cc1. The molecule has 6 heteroatoms. The van der Waals surface area contributed by atoms with Crippen LogP contribution < -0.4 is 14.9 Å². The standard InChI is InChI=1S/C23H21ClN2O3/c1-2-28-21-12-8-19(9-13-21)23(27)26-25-15-17-6-10-22(11-7-17)29-16-18-4-3-5-20(24)14-18/h3-15H,2,16H2,1H3,(H,26,27)/b25-15+.